The van der Waals surface area contributed by atoms with Crippen LogP contribution in [0.25, 0.3) is 10.9 Å². The zero-order valence-electron chi connectivity index (χ0n) is 18.4. The highest BCUT2D eigenvalue weighted by Gasteiger charge is 2.28. The van der Waals surface area contributed by atoms with Crippen LogP contribution in [-0.4, -0.2) is 43.0 Å². The first-order chi connectivity index (χ1) is 14.4. The van der Waals surface area contributed by atoms with Crippen LogP contribution in [0.2, 0.25) is 0 Å². The van der Waals surface area contributed by atoms with E-state index in [0.29, 0.717) is 41.1 Å². The lowest BCUT2D eigenvalue weighted by molar-refractivity contribution is -0.123. The van der Waals surface area contributed by atoms with E-state index in [1.165, 1.54) is 18.9 Å². The van der Waals surface area contributed by atoms with Crippen LogP contribution in [0.4, 0.5) is 0 Å². The smallest absolute Gasteiger partial charge is 0.280 e. The van der Waals surface area contributed by atoms with Crippen molar-refractivity contribution < 1.29 is 19.0 Å². The molecule has 1 heterocycles. The van der Waals surface area contributed by atoms with E-state index in [-0.39, 0.29) is 29.4 Å². The first-order valence-corrected chi connectivity index (χ1v) is 10.4. The van der Waals surface area contributed by atoms with Crippen molar-refractivity contribution in [2.24, 2.45) is 11.8 Å². The summed E-state index contributed by atoms with van der Waals surface area (Å²) in [6.45, 7) is 4.09. The van der Waals surface area contributed by atoms with Crippen molar-refractivity contribution in [3.63, 3.8) is 0 Å². The summed E-state index contributed by atoms with van der Waals surface area (Å²) >= 11 is 0. The highest BCUT2D eigenvalue weighted by atomic mass is 16.5. The van der Waals surface area contributed by atoms with E-state index in [4.69, 9.17) is 14.2 Å². The van der Waals surface area contributed by atoms with E-state index < -0.39 is 0 Å². The first kappa shape index (κ1) is 22.1. The van der Waals surface area contributed by atoms with Crippen molar-refractivity contribution in [3.8, 4) is 11.5 Å². The lowest BCUT2D eigenvalue weighted by Gasteiger charge is -2.27. The highest BCUT2D eigenvalue weighted by Crippen LogP contribution is 2.30. The van der Waals surface area contributed by atoms with Gasteiger partial charge in [0.05, 0.1) is 31.2 Å². The molecule has 8 heteroatoms. The van der Waals surface area contributed by atoms with E-state index in [1.54, 1.807) is 19.2 Å². The second kappa shape index (κ2) is 9.47. The first-order valence-electron chi connectivity index (χ1n) is 10.4. The zero-order valence-corrected chi connectivity index (χ0v) is 18.4. The molecule has 164 valence electrons. The number of fused-ring (bicyclic) bond motifs is 1. The molecule has 1 saturated carbocycles. The number of hydrogen-bond donors (Lipinski definition) is 1. The summed E-state index contributed by atoms with van der Waals surface area (Å²) in [6, 6.07) is 3.29. The number of amides is 1. The molecule has 30 heavy (non-hydrogen) atoms. The summed E-state index contributed by atoms with van der Waals surface area (Å²) in [5.41, 5.74) is 3.01. The molecular formula is C22H31N3O5. The molecule has 0 radical (unpaired) electrons. The molecule has 2 atom stereocenters. The second-order valence-electron chi connectivity index (χ2n) is 8.19. The predicted octanol–water partition coefficient (Wildman–Crippen LogP) is 2.89. The zero-order chi connectivity index (χ0) is 21.8. The van der Waals surface area contributed by atoms with Gasteiger partial charge in [-0.1, -0.05) is 20.3 Å². The molecule has 1 aliphatic rings. The Morgan fingerprint density at radius 3 is 2.53 bits per heavy atom. The van der Waals surface area contributed by atoms with Crippen molar-refractivity contribution in [3.05, 3.63) is 28.3 Å². The van der Waals surface area contributed by atoms with E-state index in [1.807, 2.05) is 13.8 Å². The molecule has 1 aromatic carbocycles. The van der Waals surface area contributed by atoms with Crippen molar-refractivity contribution in [1.82, 2.24) is 9.66 Å². The van der Waals surface area contributed by atoms with Gasteiger partial charge in [-0.05, 0) is 31.2 Å². The molecule has 1 fully saturated rings. The Hall–Kier alpha value is -2.61. The fourth-order valence-corrected chi connectivity index (χ4v) is 3.97. The topological polar surface area (TPSA) is 91.7 Å². The van der Waals surface area contributed by atoms with Crippen LogP contribution in [0.1, 0.15) is 45.4 Å². The van der Waals surface area contributed by atoms with E-state index in [2.05, 4.69) is 10.4 Å². The van der Waals surface area contributed by atoms with Crippen LogP contribution in [0, 0.1) is 11.8 Å². The molecule has 0 unspecified atom stereocenters. The Labute approximate surface area is 176 Å². The molecule has 0 aliphatic heterocycles. The van der Waals surface area contributed by atoms with Gasteiger partial charge >= 0.3 is 0 Å². The molecule has 1 aromatic heterocycles. The molecule has 0 bridgehead atoms. The molecule has 0 saturated heterocycles. The van der Waals surface area contributed by atoms with Crippen molar-refractivity contribution in [2.75, 3.05) is 26.8 Å². The largest absolute Gasteiger partial charge is 0.493 e. The van der Waals surface area contributed by atoms with Gasteiger partial charge in [-0.15, -0.1) is 0 Å². The number of hydrogen-bond acceptors (Lipinski definition) is 6. The van der Waals surface area contributed by atoms with Gasteiger partial charge in [0.2, 0.25) is 5.91 Å². The Kier molecular flexibility index (Phi) is 6.97. The van der Waals surface area contributed by atoms with Gasteiger partial charge in [0.15, 0.2) is 11.5 Å². The fourth-order valence-electron chi connectivity index (χ4n) is 3.97. The summed E-state index contributed by atoms with van der Waals surface area (Å²) in [7, 11) is 4.72. The minimum atomic E-state index is -0.330. The molecule has 1 N–H and O–H groups in total. The Morgan fingerprint density at radius 1 is 1.20 bits per heavy atom. The number of aromatic nitrogens is 2. The van der Waals surface area contributed by atoms with Crippen molar-refractivity contribution in [1.29, 1.82) is 0 Å². The van der Waals surface area contributed by atoms with Crippen LogP contribution in [0.3, 0.4) is 0 Å². The van der Waals surface area contributed by atoms with Gasteiger partial charge < -0.3 is 14.2 Å². The summed E-state index contributed by atoms with van der Waals surface area (Å²) < 4.78 is 17.4. The van der Waals surface area contributed by atoms with Gasteiger partial charge in [-0.3, -0.25) is 15.0 Å². The number of rotatable bonds is 7. The van der Waals surface area contributed by atoms with Gasteiger partial charge in [0, 0.05) is 25.5 Å². The van der Waals surface area contributed by atoms with E-state index in [0.717, 1.165) is 19.3 Å². The molecule has 2 aromatic rings. The van der Waals surface area contributed by atoms with Crippen molar-refractivity contribution >= 4 is 16.8 Å². The summed E-state index contributed by atoms with van der Waals surface area (Å²) in [5.74, 6) is 1.34. The average Bonchev–Trinajstić information content (AvgIpc) is 2.75. The maximum absolute atomic E-state index is 13.3. The third-order valence-electron chi connectivity index (χ3n) is 5.59. The lowest BCUT2D eigenvalue weighted by atomic mass is 9.87. The summed E-state index contributed by atoms with van der Waals surface area (Å²) in [4.78, 5) is 31.0. The molecular weight excluding hydrogens is 386 g/mol. The molecule has 1 aliphatic carbocycles. The van der Waals surface area contributed by atoms with Crippen LogP contribution < -0.4 is 20.5 Å². The number of nitrogens with one attached hydrogen (secondary N) is 1. The van der Waals surface area contributed by atoms with Crippen molar-refractivity contribution in [2.45, 2.75) is 52.1 Å². The fraction of sp³-hybridized carbons (Fsp3) is 0.591. The van der Waals surface area contributed by atoms with Gasteiger partial charge in [-0.25, -0.2) is 9.66 Å². The number of nitrogens with zero attached hydrogens (tertiary/aromatic N) is 2. The average molecular weight is 418 g/mol. The minimum Gasteiger partial charge on any atom is -0.493 e. The third kappa shape index (κ3) is 4.59. The number of carbonyl (C=O) groups excluding carboxylic acids is 1. The number of carbonyl (C=O) groups is 1. The number of benzene rings is 1. The molecule has 0 spiro atoms. The van der Waals surface area contributed by atoms with Crippen LogP contribution in [0.15, 0.2) is 16.9 Å². The normalized spacial score (nSPS) is 19.1. The monoisotopic (exact) mass is 417 g/mol. The summed E-state index contributed by atoms with van der Waals surface area (Å²) in [5, 5.41) is 0.360. The standard InChI is InChI=1S/C22H31N3O5/c1-13(2)9-20-23-17-12-19(30-5)18(29-4)11-16(17)22(27)25(20)24-21(26)14-7-6-8-15(10-14)28-3/h11-15H,6-10H2,1-5H3,(H,24,26)/t14-,15+/m1/s1. The Morgan fingerprint density at radius 2 is 1.90 bits per heavy atom. The van der Waals surface area contributed by atoms with Gasteiger partial charge in [0.1, 0.15) is 5.82 Å². The quantitative estimate of drug-likeness (QED) is 0.745. The highest BCUT2D eigenvalue weighted by molar-refractivity contribution is 5.87. The molecule has 1 amide bonds. The van der Waals surface area contributed by atoms with Crippen LogP contribution >= 0.6 is 0 Å². The maximum Gasteiger partial charge on any atom is 0.280 e. The van der Waals surface area contributed by atoms with Gasteiger partial charge in [-0.2, -0.15) is 0 Å². The molecule has 8 nitrogen and oxygen atoms in total. The lowest BCUT2D eigenvalue weighted by Crippen LogP contribution is -2.41. The SMILES string of the molecule is COc1cc2nc(CC(C)C)n(NC(=O)[C@@H]3CCC[C@H](OC)C3)c(=O)c2cc1OC. The van der Waals surface area contributed by atoms with Crippen LogP contribution in [0.5, 0.6) is 11.5 Å². The van der Waals surface area contributed by atoms with Crippen LogP contribution in [-0.2, 0) is 16.0 Å². The minimum absolute atomic E-state index is 0.0767. The van der Waals surface area contributed by atoms with E-state index >= 15 is 0 Å². The summed E-state index contributed by atoms with van der Waals surface area (Å²) in [6.07, 6.45) is 3.95. The Bertz CT molecular complexity index is 969. The molecule has 3 rings (SSSR count). The maximum atomic E-state index is 13.3. The predicted molar refractivity (Wildman–Crippen MR) is 115 cm³/mol. The second-order valence-corrected chi connectivity index (χ2v) is 8.19. The van der Waals surface area contributed by atoms with Gasteiger partial charge in [0.25, 0.3) is 5.56 Å². The van der Waals surface area contributed by atoms with E-state index in [9.17, 15) is 9.59 Å². The number of ether oxygens (including phenoxy) is 3. The third-order valence-corrected chi connectivity index (χ3v) is 5.59. The number of methoxy groups -OCH3 is 3. The Balaban J connectivity index is 2.03.